The summed E-state index contributed by atoms with van der Waals surface area (Å²) in [6.07, 6.45) is 5.94. The van der Waals surface area contributed by atoms with E-state index in [0.717, 1.165) is 44.6 Å². The van der Waals surface area contributed by atoms with Crippen molar-refractivity contribution in [2.75, 3.05) is 7.11 Å². The number of ether oxygens (including phenoxy) is 1. The molecule has 0 unspecified atom stereocenters. The Morgan fingerprint density at radius 1 is 0.964 bits per heavy atom. The zero-order valence-electron chi connectivity index (χ0n) is 16.4. The molecule has 0 N–H and O–H groups in total. The maximum Gasteiger partial charge on any atom is 0.190 e. The summed E-state index contributed by atoms with van der Waals surface area (Å²) in [6, 6.07) is 12.1. The molecule has 0 saturated carbocycles. The number of rotatable bonds is 3. The van der Waals surface area contributed by atoms with E-state index in [1.807, 2.05) is 49.6 Å². The summed E-state index contributed by atoms with van der Waals surface area (Å²) >= 11 is 0. The minimum atomic E-state index is 0.680. The maximum atomic E-state index is 7.52. The zero-order valence-corrected chi connectivity index (χ0v) is 16.4. The van der Waals surface area contributed by atoms with Gasteiger partial charge in [0.25, 0.3) is 0 Å². The molecule has 0 atom stereocenters. The number of methoxy groups -OCH3 is 1. The van der Waals surface area contributed by atoms with Crippen LogP contribution in [-0.4, -0.2) is 16.7 Å². The maximum absolute atomic E-state index is 7.52. The van der Waals surface area contributed by atoms with E-state index < -0.39 is 0 Å². The van der Waals surface area contributed by atoms with Crippen LogP contribution in [0.4, 0.5) is 5.69 Å². The van der Waals surface area contributed by atoms with E-state index in [2.05, 4.69) is 40.5 Å². The van der Waals surface area contributed by atoms with Crippen molar-refractivity contribution in [1.82, 2.24) is 9.55 Å². The van der Waals surface area contributed by atoms with Crippen molar-refractivity contribution < 1.29 is 4.74 Å². The molecule has 2 aromatic heterocycles. The summed E-state index contributed by atoms with van der Waals surface area (Å²) in [6.45, 7) is 13.7. The SMILES string of the molecule is [C-]#[N+]c1cc2c(-c3cncc(C)c3C)cn(-c3ccc(OC)cc3)c2cc1C. The summed E-state index contributed by atoms with van der Waals surface area (Å²) < 4.78 is 7.47. The third-order valence-corrected chi connectivity index (χ3v) is 5.35. The predicted molar refractivity (Wildman–Crippen MR) is 114 cm³/mol. The van der Waals surface area contributed by atoms with Crippen LogP contribution in [0.3, 0.4) is 0 Å². The molecule has 138 valence electrons. The highest BCUT2D eigenvalue weighted by atomic mass is 16.5. The highest BCUT2D eigenvalue weighted by Gasteiger charge is 2.16. The molecule has 4 heteroatoms. The van der Waals surface area contributed by atoms with Crippen molar-refractivity contribution in [3.63, 3.8) is 0 Å². The number of nitrogens with zero attached hydrogens (tertiary/aromatic N) is 3. The highest BCUT2D eigenvalue weighted by molar-refractivity contribution is 6.00. The van der Waals surface area contributed by atoms with Gasteiger partial charge in [0.1, 0.15) is 5.75 Å². The summed E-state index contributed by atoms with van der Waals surface area (Å²) in [5, 5.41) is 1.06. The van der Waals surface area contributed by atoms with Crippen molar-refractivity contribution in [3.05, 3.63) is 83.1 Å². The van der Waals surface area contributed by atoms with Crippen LogP contribution < -0.4 is 4.74 Å². The van der Waals surface area contributed by atoms with Gasteiger partial charge in [-0.15, -0.1) is 0 Å². The van der Waals surface area contributed by atoms with Crippen LogP contribution in [0.2, 0.25) is 0 Å². The van der Waals surface area contributed by atoms with Gasteiger partial charge in [0.05, 0.1) is 19.2 Å². The summed E-state index contributed by atoms with van der Waals surface area (Å²) in [4.78, 5) is 8.12. The lowest BCUT2D eigenvalue weighted by atomic mass is 9.98. The zero-order chi connectivity index (χ0) is 19.8. The topological polar surface area (TPSA) is 31.4 Å². The van der Waals surface area contributed by atoms with E-state index >= 15 is 0 Å². The molecule has 0 spiro atoms. The fourth-order valence-corrected chi connectivity index (χ4v) is 3.56. The van der Waals surface area contributed by atoms with Crippen LogP contribution in [0.25, 0.3) is 32.6 Å². The Bertz CT molecular complexity index is 1230. The van der Waals surface area contributed by atoms with Gasteiger partial charge in [-0.1, -0.05) is 0 Å². The van der Waals surface area contributed by atoms with E-state index in [-0.39, 0.29) is 0 Å². The first kappa shape index (κ1) is 17.8. The van der Waals surface area contributed by atoms with Gasteiger partial charge in [-0.25, -0.2) is 4.85 Å². The average molecular weight is 367 g/mol. The van der Waals surface area contributed by atoms with Crippen molar-refractivity contribution in [2.45, 2.75) is 20.8 Å². The molecule has 0 fully saturated rings. The van der Waals surface area contributed by atoms with Crippen molar-refractivity contribution in [2.24, 2.45) is 0 Å². The lowest BCUT2D eigenvalue weighted by molar-refractivity contribution is 0.415. The van der Waals surface area contributed by atoms with E-state index in [9.17, 15) is 0 Å². The van der Waals surface area contributed by atoms with Gasteiger partial charge in [0, 0.05) is 35.4 Å². The van der Waals surface area contributed by atoms with E-state index in [0.29, 0.717) is 5.69 Å². The summed E-state index contributed by atoms with van der Waals surface area (Å²) in [5.41, 5.74) is 8.31. The number of aromatic nitrogens is 2. The largest absolute Gasteiger partial charge is 0.497 e. The first-order valence-electron chi connectivity index (χ1n) is 9.12. The Kier molecular flexibility index (Phi) is 4.37. The number of benzene rings is 2. The normalized spacial score (nSPS) is 10.8. The molecule has 0 radical (unpaired) electrons. The second-order valence-electron chi connectivity index (χ2n) is 7.01. The van der Waals surface area contributed by atoms with Gasteiger partial charge in [0.2, 0.25) is 0 Å². The number of hydrogen-bond acceptors (Lipinski definition) is 2. The first-order chi connectivity index (χ1) is 13.5. The van der Waals surface area contributed by atoms with Gasteiger partial charge in [-0.3, -0.25) is 4.98 Å². The van der Waals surface area contributed by atoms with E-state index in [4.69, 9.17) is 11.3 Å². The second kappa shape index (κ2) is 6.86. The molecule has 0 aliphatic rings. The fourth-order valence-electron chi connectivity index (χ4n) is 3.56. The van der Waals surface area contributed by atoms with Crippen LogP contribution in [0.15, 0.2) is 55.0 Å². The average Bonchev–Trinajstić information content (AvgIpc) is 3.07. The number of aryl methyl sites for hydroxylation is 2. The van der Waals surface area contributed by atoms with Crippen LogP contribution in [0.1, 0.15) is 16.7 Å². The molecular formula is C24H21N3O. The highest BCUT2D eigenvalue weighted by Crippen LogP contribution is 2.38. The van der Waals surface area contributed by atoms with E-state index in [1.165, 1.54) is 5.56 Å². The lowest BCUT2D eigenvalue weighted by Crippen LogP contribution is -1.92. The molecule has 28 heavy (non-hydrogen) atoms. The summed E-state index contributed by atoms with van der Waals surface area (Å²) in [5.74, 6) is 0.825. The van der Waals surface area contributed by atoms with Crippen molar-refractivity contribution >= 4 is 16.6 Å². The molecule has 4 aromatic rings. The molecule has 2 aromatic carbocycles. The minimum absolute atomic E-state index is 0.680. The Morgan fingerprint density at radius 2 is 1.71 bits per heavy atom. The molecule has 0 aliphatic carbocycles. The number of fused-ring (bicyclic) bond motifs is 1. The van der Waals surface area contributed by atoms with Crippen LogP contribution in [0.5, 0.6) is 5.75 Å². The summed E-state index contributed by atoms with van der Waals surface area (Å²) in [7, 11) is 1.67. The van der Waals surface area contributed by atoms with Gasteiger partial charge in [0.15, 0.2) is 5.69 Å². The van der Waals surface area contributed by atoms with Gasteiger partial charge >= 0.3 is 0 Å². The number of pyridine rings is 1. The van der Waals surface area contributed by atoms with Crippen LogP contribution in [-0.2, 0) is 0 Å². The molecular weight excluding hydrogens is 346 g/mol. The molecule has 2 heterocycles. The smallest absolute Gasteiger partial charge is 0.190 e. The third-order valence-electron chi connectivity index (χ3n) is 5.35. The van der Waals surface area contributed by atoms with Crippen molar-refractivity contribution in [3.8, 4) is 22.6 Å². The molecule has 0 bridgehead atoms. The van der Waals surface area contributed by atoms with E-state index in [1.54, 1.807) is 7.11 Å². The fraction of sp³-hybridized carbons (Fsp3) is 0.167. The lowest BCUT2D eigenvalue weighted by Gasteiger charge is -2.08. The molecule has 4 rings (SSSR count). The van der Waals surface area contributed by atoms with Crippen LogP contribution >= 0.6 is 0 Å². The monoisotopic (exact) mass is 367 g/mol. The Labute approximate surface area is 164 Å². The Morgan fingerprint density at radius 3 is 2.39 bits per heavy atom. The standard InChI is InChI=1S/C24H21N3O/c1-15-10-24-20(11-23(15)25-4)22(21-13-26-12-16(2)17(21)3)14-27(24)18-6-8-19(28-5)9-7-18/h6-14H,1-3,5H3. The molecule has 0 aliphatic heterocycles. The number of hydrogen-bond donors (Lipinski definition) is 0. The Balaban J connectivity index is 2.05. The third kappa shape index (κ3) is 2.82. The first-order valence-corrected chi connectivity index (χ1v) is 9.12. The second-order valence-corrected chi connectivity index (χ2v) is 7.01. The molecule has 4 nitrogen and oxygen atoms in total. The van der Waals surface area contributed by atoms with Gasteiger partial charge in [-0.2, -0.15) is 0 Å². The van der Waals surface area contributed by atoms with Gasteiger partial charge < -0.3 is 9.30 Å². The quantitative estimate of drug-likeness (QED) is 0.405. The molecule has 0 saturated heterocycles. The predicted octanol–water partition coefficient (Wildman–Crippen LogP) is 6.18. The van der Waals surface area contributed by atoms with Crippen molar-refractivity contribution in [1.29, 1.82) is 0 Å². The van der Waals surface area contributed by atoms with Gasteiger partial charge in [-0.05, 0) is 79.2 Å². The molecule has 0 amide bonds. The Hall–Kier alpha value is -3.58. The van der Waals surface area contributed by atoms with Crippen LogP contribution in [0, 0.1) is 27.3 Å². The minimum Gasteiger partial charge on any atom is -0.497 e.